The van der Waals surface area contributed by atoms with E-state index in [4.69, 9.17) is 23.2 Å². The Morgan fingerprint density at radius 3 is 2.94 bits per heavy atom. The molecule has 0 radical (unpaired) electrons. The Morgan fingerprint density at radius 2 is 2.18 bits per heavy atom. The Bertz CT molecular complexity index is 513. The highest BCUT2D eigenvalue weighted by atomic mass is 35.5. The Kier molecular flexibility index (Phi) is 3.97. The van der Waals surface area contributed by atoms with E-state index in [2.05, 4.69) is 10.3 Å². The van der Waals surface area contributed by atoms with Crippen LogP contribution in [0.5, 0.6) is 0 Å². The number of nitrogens with zero attached hydrogens (tertiary/aromatic N) is 3. The van der Waals surface area contributed by atoms with Crippen molar-refractivity contribution in [2.45, 2.75) is 12.8 Å². The first-order chi connectivity index (χ1) is 8.20. The zero-order valence-electron chi connectivity index (χ0n) is 8.91. The maximum absolute atomic E-state index is 13.5. The van der Waals surface area contributed by atoms with Crippen molar-refractivity contribution in [3.05, 3.63) is 40.9 Å². The van der Waals surface area contributed by atoms with Gasteiger partial charge in [-0.2, -0.15) is 0 Å². The highest BCUT2D eigenvalue weighted by Crippen LogP contribution is 2.18. The largest absolute Gasteiger partial charge is 0.217 e. The van der Waals surface area contributed by atoms with Gasteiger partial charge in [0.25, 0.3) is 0 Å². The molecule has 3 nitrogen and oxygen atoms in total. The van der Waals surface area contributed by atoms with Crippen LogP contribution in [0.2, 0.25) is 5.02 Å². The second-order valence-electron chi connectivity index (χ2n) is 3.54. The minimum atomic E-state index is -0.386. The van der Waals surface area contributed by atoms with Gasteiger partial charge in [0, 0.05) is 10.9 Å². The summed E-state index contributed by atoms with van der Waals surface area (Å²) in [5.41, 5.74) is 1.08. The molecule has 6 heteroatoms. The summed E-state index contributed by atoms with van der Waals surface area (Å²) >= 11 is 11.4. The molecule has 0 unspecified atom stereocenters. The minimum absolute atomic E-state index is 0.294. The van der Waals surface area contributed by atoms with Crippen LogP contribution in [0.3, 0.4) is 0 Å². The first kappa shape index (κ1) is 12.3. The van der Waals surface area contributed by atoms with Crippen LogP contribution in [0.1, 0.15) is 12.1 Å². The van der Waals surface area contributed by atoms with Gasteiger partial charge < -0.3 is 0 Å². The average Bonchev–Trinajstić information content (AvgIpc) is 2.78. The van der Waals surface area contributed by atoms with E-state index in [9.17, 15) is 4.39 Å². The maximum Gasteiger partial charge on any atom is 0.149 e. The van der Waals surface area contributed by atoms with E-state index in [1.807, 2.05) is 0 Å². The molecule has 0 fully saturated rings. The van der Waals surface area contributed by atoms with E-state index < -0.39 is 0 Å². The predicted molar refractivity (Wildman–Crippen MR) is 65.4 cm³/mol. The summed E-state index contributed by atoms with van der Waals surface area (Å²) in [6.45, 7) is 0. The Labute approximate surface area is 108 Å². The topological polar surface area (TPSA) is 30.7 Å². The van der Waals surface area contributed by atoms with E-state index in [0.717, 1.165) is 18.5 Å². The third kappa shape index (κ3) is 2.96. The van der Waals surface area contributed by atoms with Crippen LogP contribution in [-0.4, -0.2) is 20.9 Å². The number of rotatable bonds is 4. The van der Waals surface area contributed by atoms with Gasteiger partial charge in [-0.3, -0.25) is 0 Å². The Hall–Kier alpha value is -1.13. The molecule has 0 bridgehead atoms. The van der Waals surface area contributed by atoms with Crippen molar-refractivity contribution in [2.24, 2.45) is 0 Å². The molecule has 0 N–H and O–H groups in total. The third-order valence-corrected chi connectivity index (χ3v) is 2.76. The van der Waals surface area contributed by atoms with E-state index >= 15 is 0 Å². The SMILES string of the molecule is Fc1ccc(Cl)cc1-n1cc(CCCCl)nn1. The molecule has 1 aromatic carbocycles. The van der Waals surface area contributed by atoms with E-state index in [1.165, 1.54) is 22.9 Å². The van der Waals surface area contributed by atoms with E-state index in [0.29, 0.717) is 16.6 Å². The van der Waals surface area contributed by atoms with Crippen molar-refractivity contribution >= 4 is 23.2 Å². The molecule has 2 rings (SSSR count). The van der Waals surface area contributed by atoms with Crippen LogP contribution < -0.4 is 0 Å². The summed E-state index contributed by atoms with van der Waals surface area (Å²) in [6.07, 6.45) is 3.23. The molecule has 17 heavy (non-hydrogen) atoms. The zero-order chi connectivity index (χ0) is 12.3. The number of hydrogen-bond acceptors (Lipinski definition) is 2. The molecule has 0 saturated carbocycles. The number of aromatic nitrogens is 3. The molecule has 0 aliphatic rings. The molecule has 2 aromatic rings. The van der Waals surface area contributed by atoms with Crippen LogP contribution in [0, 0.1) is 5.82 Å². The fraction of sp³-hybridized carbons (Fsp3) is 0.273. The lowest BCUT2D eigenvalue weighted by Crippen LogP contribution is -1.98. The van der Waals surface area contributed by atoms with Crippen LogP contribution in [0.4, 0.5) is 4.39 Å². The molecular weight excluding hydrogens is 264 g/mol. The summed E-state index contributed by atoms with van der Waals surface area (Å²) < 4.78 is 14.9. The summed E-state index contributed by atoms with van der Waals surface area (Å²) in [6, 6.07) is 4.31. The van der Waals surface area contributed by atoms with Gasteiger partial charge >= 0.3 is 0 Å². The average molecular weight is 274 g/mol. The van der Waals surface area contributed by atoms with Crippen LogP contribution in [0.15, 0.2) is 24.4 Å². The number of alkyl halides is 1. The number of halogens is 3. The lowest BCUT2D eigenvalue weighted by atomic mass is 10.2. The second kappa shape index (κ2) is 5.47. The lowest BCUT2D eigenvalue weighted by Gasteiger charge is -2.01. The summed E-state index contributed by atoms with van der Waals surface area (Å²) in [4.78, 5) is 0. The predicted octanol–water partition coefficient (Wildman–Crippen LogP) is 3.23. The maximum atomic E-state index is 13.5. The number of aryl methyl sites for hydroxylation is 1. The quantitative estimate of drug-likeness (QED) is 0.801. The monoisotopic (exact) mass is 273 g/mol. The van der Waals surface area contributed by atoms with Crippen LogP contribution in [0.25, 0.3) is 5.69 Å². The Morgan fingerprint density at radius 1 is 1.35 bits per heavy atom. The van der Waals surface area contributed by atoms with Crippen molar-refractivity contribution < 1.29 is 4.39 Å². The molecule has 0 atom stereocenters. The van der Waals surface area contributed by atoms with E-state index in [1.54, 1.807) is 6.20 Å². The summed E-state index contributed by atoms with van der Waals surface area (Å²) in [7, 11) is 0. The van der Waals surface area contributed by atoms with Crippen molar-refractivity contribution in [3.8, 4) is 5.69 Å². The molecule has 0 aliphatic heterocycles. The standard InChI is InChI=1S/C11H10Cl2FN3/c12-5-1-2-9-7-17(16-15-9)11-6-8(13)3-4-10(11)14/h3-4,6-7H,1-2,5H2. The number of benzene rings is 1. The van der Waals surface area contributed by atoms with Gasteiger partial charge in [0.1, 0.15) is 11.5 Å². The lowest BCUT2D eigenvalue weighted by molar-refractivity contribution is 0.607. The van der Waals surface area contributed by atoms with Crippen molar-refractivity contribution in [1.29, 1.82) is 0 Å². The van der Waals surface area contributed by atoms with Crippen molar-refractivity contribution in [2.75, 3.05) is 5.88 Å². The molecule has 0 aliphatic carbocycles. The Balaban J connectivity index is 2.27. The highest BCUT2D eigenvalue weighted by molar-refractivity contribution is 6.30. The van der Waals surface area contributed by atoms with Gasteiger partial charge in [-0.1, -0.05) is 16.8 Å². The van der Waals surface area contributed by atoms with Gasteiger partial charge in [-0.25, -0.2) is 9.07 Å². The van der Waals surface area contributed by atoms with E-state index in [-0.39, 0.29) is 5.82 Å². The molecule has 0 spiro atoms. The van der Waals surface area contributed by atoms with Gasteiger partial charge in [0.15, 0.2) is 0 Å². The molecule has 1 heterocycles. The molecule has 0 saturated heterocycles. The minimum Gasteiger partial charge on any atom is -0.217 e. The third-order valence-electron chi connectivity index (χ3n) is 2.26. The first-order valence-electron chi connectivity index (χ1n) is 5.13. The first-order valence-corrected chi connectivity index (χ1v) is 6.04. The van der Waals surface area contributed by atoms with Gasteiger partial charge in [-0.05, 0) is 31.0 Å². The van der Waals surface area contributed by atoms with Gasteiger partial charge in [-0.15, -0.1) is 16.7 Å². The normalized spacial score (nSPS) is 10.8. The molecule has 1 aromatic heterocycles. The smallest absolute Gasteiger partial charge is 0.149 e. The fourth-order valence-electron chi connectivity index (χ4n) is 1.44. The van der Waals surface area contributed by atoms with Gasteiger partial charge in [0.2, 0.25) is 0 Å². The second-order valence-corrected chi connectivity index (χ2v) is 4.36. The van der Waals surface area contributed by atoms with Crippen LogP contribution in [-0.2, 0) is 6.42 Å². The van der Waals surface area contributed by atoms with Crippen molar-refractivity contribution in [1.82, 2.24) is 15.0 Å². The summed E-state index contributed by atoms with van der Waals surface area (Å²) in [5, 5.41) is 8.27. The highest BCUT2D eigenvalue weighted by Gasteiger charge is 2.08. The van der Waals surface area contributed by atoms with Crippen molar-refractivity contribution in [3.63, 3.8) is 0 Å². The number of hydrogen-bond donors (Lipinski definition) is 0. The fourth-order valence-corrected chi connectivity index (χ4v) is 1.74. The zero-order valence-corrected chi connectivity index (χ0v) is 10.4. The molecule has 90 valence electrons. The van der Waals surface area contributed by atoms with Crippen LogP contribution >= 0.6 is 23.2 Å². The summed E-state index contributed by atoms with van der Waals surface area (Å²) in [5.74, 6) is 0.182. The van der Waals surface area contributed by atoms with Gasteiger partial charge in [0.05, 0.1) is 11.9 Å². The molecular formula is C11H10Cl2FN3. The molecule has 0 amide bonds.